The Balaban J connectivity index is 3.00. The van der Waals surface area contributed by atoms with Gasteiger partial charge < -0.3 is 10.0 Å². The van der Waals surface area contributed by atoms with Gasteiger partial charge in [-0.1, -0.05) is 13.8 Å². The second-order valence-electron chi connectivity index (χ2n) is 4.56. The number of phenolic OH excluding ortho intramolecular Hbond substituents is 1. The second-order valence-corrected chi connectivity index (χ2v) is 4.56. The fourth-order valence-corrected chi connectivity index (χ4v) is 1.50. The van der Waals surface area contributed by atoms with Crippen LogP contribution in [0.3, 0.4) is 0 Å². The van der Waals surface area contributed by atoms with Gasteiger partial charge in [0.1, 0.15) is 11.6 Å². The zero-order valence-corrected chi connectivity index (χ0v) is 10.6. The largest absolute Gasteiger partial charge is 0.507 e. The monoisotopic (exact) mass is 239 g/mol. The summed E-state index contributed by atoms with van der Waals surface area (Å²) in [5.74, 6) is -0.807. The smallest absolute Gasteiger partial charge is 0.257 e. The van der Waals surface area contributed by atoms with E-state index in [2.05, 4.69) is 0 Å². The van der Waals surface area contributed by atoms with E-state index in [1.54, 1.807) is 7.05 Å². The van der Waals surface area contributed by atoms with Crippen LogP contribution in [0.4, 0.5) is 4.39 Å². The summed E-state index contributed by atoms with van der Waals surface area (Å²) in [5, 5.41) is 9.56. The van der Waals surface area contributed by atoms with Gasteiger partial charge in [-0.05, 0) is 31.0 Å². The van der Waals surface area contributed by atoms with Crippen molar-refractivity contribution in [2.24, 2.45) is 5.92 Å². The fraction of sp³-hybridized carbons (Fsp3) is 0.462. The Bertz CT molecular complexity index is 418. The zero-order valence-electron chi connectivity index (χ0n) is 10.6. The van der Waals surface area contributed by atoms with Gasteiger partial charge in [-0.2, -0.15) is 0 Å². The standard InChI is InChI=1S/C13H18FNO2/c1-8(2)9(3)15(4)13(17)11-7-10(14)5-6-12(11)16/h5-9,16H,1-4H3. The van der Waals surface area contributed by atoms with Gasteiger partial charge in [-0.3, -0.25) is 4.79 Å². The van der Waals surface area contributed by atoms with E-state index in [4.69, 9.17) is 0 Å². The van der Waals surface area contributed by atoms with Gasteiger partial charge in [0.2, 0.25) is 0 Å². The Labute approximate surface area is 101 Å². The van der Waals surface area contributed by atoms with Gasteiger partial charge in [-0.25, -0.2) is 4.39 Å². The minimum Gasteiger partial charge on any atom is -0.507 e. The van der Waals surface area contributed by atoms with E-state index < -0.39 is 5.82 Å². The normalized spacial score (nSPS) is 12.6. The van der Waals surface area contributed by atoms with E-state index in [9.17, 15) is 14.3 Å². The highest BCUT2D eigenvalue weighted by Crippen LogP contribution is 2.21. The van der Waals surface area contributed by atoms with Crippen molar-refractivity contribution in [2.75, 3.05) is 7.05 Å². The lowest BCUT2D eigenvalue weighted by Gasteiger charge is -2.28. The highest BCUT2D eigenvalue weighted by atomic mass is 19.1. The van der Waals surface area contributed by atoms with Crippen LogP contribution in [0.5, 0.6) is 5.75 Å². The Morgan fingerprint density at radius 1 is 1.35 bits per heavy atom. The number of hydrogen-bond acceptors (Lipinski definition) is 2. The molecule has 0 radical (unpaired) electrons. The Morgan fingerprint density at radius 3 is 2.47 bits per heavy atom. The summed E-state index contributed by atoms with van der Waals surface area (Å²) in [6.07, 6.45) is 0. The first kappa shape index (κ1) is 13.5. The molecule has 1 N–H and O–H groups in total. The first-order chi connectivity index (χ1) is 7.84. The van der Waals surface area contributed by atoms with Crippen molar-refractivity contribution in [1.82, 2.24) is 4.90 Å². The lowest BCUT2D eigenvalue weighted by molar-refractivity contribution is 0.0703. The molecule has 1 unspecified atom stereocenters. The van der Waals surface area contributed by atoms with Crippen LogP contribution < -0.4 is 0 Å². The molecule has 0 fully saturated rings. The van der Waals surface area contributed by atoms with Gasteiger partial charge in [-0.15, -0.1) is 0 Å². The number of carbonyl (C=O) groups excluding carboxylic acids is 1. The molecule has 0 aliphatic heterocycles. The van der Waals surface area contributed by atoms with E-state index in [0.717, 1.165) is 12.1 Å². The number of amides is 1. The van der Waals surface area contributed by atoms with E-state index in [0.29, 0.717) is 5.92 Å². The third-order valence-corrected chi connectivity index (χ3v) is 3.09. The molecule has 1 aromatic carbocycles. The number of phenols is 1. The molecule has 0 saturated carbocycles. The minimum atomic E-state index is -0.531. The Kier molecular flexibility index (Phi) is 4.10. The van der Waals surface area contributed by atoms with Gasteiger partial charge in [0, 0.05) is 13.1 Å². The highest BCUT2D eigenvalue weighted by molar-refractivity contribution is 5.96. The third kappa shape index (κ3) is 2.96. The molecule has 1 atom stereocenters. The quantitative estimate of drug-likeness (QED) is 0.880. The Morgan fingerprint density at radius 2 is 1.94 bits per heavy atom. The predicted octanol–water partition coefficient (Wildman–Crippen LogP) is 2.65. The summed E-state index contributed by atoms with van der Waals surface area (Å²) in [6.45, 7) is 5.92. The van der Waals surface area contributed by atoms with Gasteiger partial charge in [0.05, 0.1) is 5.56 Å². The van der Waals surface area contributed by atoms with Crippen molar-refractivity contribution in [3.05, 3.63) is 29.6 Å². The molecule has 0 saturated heterocycles. The van der Waals surface area contributed by atoms with Gasteiger partial charge >= 0.3 is 0 Å². The zero-order chi connectivity index (χ0) is 13.2. The molecule has 1 amide bonds. The molecular weight excluding hydrogens is 221 g/mol. The fourth-order valence-electron chi connectivity index (χ4n) is 1.50. The first-order valence-corrected chi connectivity index (χ1v) is 5.60. The van der Waals surface area contributed by atoms with Crippen molar-refractivity contribution in [2.45, 2.75) is 26.8 Å². The molecule has 0 spiro atoms. The minimum absolute atomic E-state index is 0.000000000000000444. The van der Waals surface area contributed by atoms with Gasteiger partial charge in [0.25, 0.3) is 5.91 Å². The molecule has 0 bridgehead atoms. The number of aromatic hydroxyl groups is 1. The SMILES string of the molecule is CC(C)C(C)N(C)C(=O)c1cc(F)ccc1O. The van der Waals surface area contributed by atoms with Crippen LogP contribution in [0.2, 0.25) is 0 Å². The molecule has 0 heterocycles. The van der Waals surface area contributed by atoms with Crippen molar-refractivity contribution in [3.63, 3.8) is 0 Å². The summed E-state index contributed by atoms with van der Waals surface area (Å²) < 4.78 is 13.0. The van der Waals surface area contributed by atoms with E-state index >= 15 is 0 Å². The summed E-state index contributed by atoms with van der Waals surface area (Å²) in [6, 6.07) is 3.39. The number of benzene rings is 1. The first-order valence-electron chi connectivity index (χ1n) is 5.60. The van der Waals surface area contributed by atoms with Crippen LogP contribution in [-0.2, 0) is 0 Å². The molecule has 0 aliphatic carbocycles. The summed E-state index contributed by atoms with van der Waals surface area (Å²) in [5.41, 5.74) is 0.000000000000000444. The number of carbonyl (C=O) groups is 1. The Hall–Kier alpha value is -1.58. The number of nitrogens with zero attached hydrogens (tertiary/aromatic N) is 1. The van der Waals surface area contributed by atoms with Crippen LogP contribution in [0, 0.1) is 11.7 Å². The topological polar surface area (TPSA) is 40.5 Å². The number of halogens is 1. The molecule has 0 aromatic heterocycles. The van der Waals surface area contributed by atoms with Crippen LogP contribution in [0.1, 0.15) is 31.1 Å². The van der Waals surface area contributed by atoms with Gasteiger partial charge in [0.15, 0.2) is 0 Å². The number of hydrogen-bond donors (Lipinski definition) is 1. The molecule has 4 heteroatoms. The summed E-state index contributed by atoms with van der Waals surface area (Å²) in [7, 11) is 1.65. The highest BCUT2D eigenvalue weighted by Gasteiger charge is 2.22. The molecule has 0 aliphatic rings. The third-order valence-electron chi connectivity index (χ3n) is 3.09. The predicted molar refractivity (Wildman–Crippen MR) is 64.5 cm³/mol. The van der Waals surface area contributed by atoms with E-state index in [-0.39, 0.29) is 23.3 Å². The maximum absolute atomic E-state index is 13.0. The average molecular weight is 239 g/mol. The van der Waals surface area contributed by atoms with Crippen LogP contribution in [0.15, 0.2) is 18.2 Å². The van der Waals surface area contributed by atoms with Crippen molar-refractivity contribution in [1.29, 1.82) is 0 Å². The van der Waals surface area contributed by atoms with Crippen molar-refractivity contribution in [3.8, 4) is 5.75 Å². The van der Waals surface area contributed by atoms with E-state index in [1.807, 2.05) is 20.8 Å². The average Bonchev–Trinajstić information content (AvgIpc) is 2.29. The molecule has 1 aromatic rings. The van der Waals surface area contributed by atoms with Crippen LogP contribution >= 0.6 is 0 Å². The summed E-state index contributed by atoms with van der Waals surface area (Å²) >= 11 is 0. The molecule has 17 heavy (non-hydrogen) atoms. The molecule has 1 rings (SSSR count). The maximum atomic E-state index is 13.0. The van der Waals surface area contributed by atoms with E-state index in [1.165, 1.54) is 11.0 Å². The molecular formula is C13H18FNO2. The molecule has 3 nitrogen and oxygen atoms in total. The van der Waals surface area contributed by atoms with Crippen molar-refractivity contribution >= 4 is 5.91 Å². The lowest BCUT2D eigenvalue weighted by Crippen LogP contribution is -2.38. The van der Waals surface area contributed by atoms with Crippen molar-refractivity contribution < 1.29 is 14.3 Å². The van der Waals surface area contributed by atoms with Crippen LogP contribution in [0.25, 0.3) is 0 Å². The molecule has 94 valence electrons. The lowest BCUT2D eigenvalue weighted by atomic mass is 10.0. The second kappa shape index (κ2) is 5.17. The maximum Gasteiger partial charge on any atom is 0.257 e. The summed E-state index contributed by atoms with van der Waals surface area (Å²) in [4.78, 5) is 13.6. The van der Waals surface area contributed by atoms with Crippen LogP contribution in [-0.4, -0.2) is 29.0 Å². The number of rotatable bonds is 3.